The van der Waals surface area contributed by atoms with Crippen LogP contribution in [0.25, 0.3) is 0 Å². The van der Waals surface area contributed by atoms with E-state index in [2.05, 4.69) is 149 Å². The zero-order chi connectivity index (χ0) is 42.2. The molecule has 6 aromatic carbocycles. The molecule has 1 aliphatic carbocycles. The Labute approximate surface area is 366 Å². The fourth-order valence-corrected chi connectivity index (χ4v) is 9.60. The number of hydrogen-bond donors (Lipinski definition) is 2. The Hall–Kier alpha value is -5.04. The number of unbranched alkanes of at least 4 members (excludes halogenated alkanes) is 3. The fraction of sp³-hybridized carbons (Fsp3) is 0.296. The molecule has 6 aromatic rings. The van der Waals surface area contributed by atoms with Gasteiger partial charge in [-0.3, -0.25) is 9.59 Å². The van der Waals surface area contributed by atoms with Crippen LogP contribution in [0.15, 0.2) is 141 Å². The fourth-order valence-electron chi connectivity index (χ4n) is 7.68. The molecular formula is C54H58N2O2S2. The molecule has 60 heavy (non-hydrogen) atoms. The van der Waals surface area contributed by atoms with Crippen molar-refractivity contribution in [3.8, 4) is 0 Å². The highest BCUT2D eigenvalue weighted by Crippen LogP contribution is 2.47. The lowest BCUT2D eigenvalue weighted by Crippen LogP contribution is -2.25. The van der Waals surface area contributed by atoms with E-state index < -0.39 is 0 Å². The van der Waals surface area contributed by atoms with Crippen molar-refractivity contribution in [1.29, 1.82) is 0 Å². The highest BCUT2D eigenvalue weighted by molar-refractivity contribution is 8.00. The first-order valence-corrected chi connectivity index (χ1v) is 23.4. The van der Waals surface area contributed by atoms with Crippen molar-refractivity contribution in [2.75, 3.05) is 10.6 Å². The van der Waals surface area contributed by atoms with Crippen molar-refractivity contribution >= 4 is 57.8 Å². The lowest BCUT2D eigenvalue weighted by molar-refractivity contribution is 0.0976. The quantitative estimate of drug-likeness (QED) is 0.0953. The Morgan fingerprint density at radius 1 is 0.433 bits per heavy atom. The van der Waals surface area contributed by atoms with Gasteiger partial charge >= 0.3 is 0 Å². The Kier molecular flexibility index (Phi) is 14.0. The van der Waals surface area contributed by atoms with E-state index in [1.54, 1.807) is 11.8 Å². The van der Waals surface area contributed by atoms with Crippen molar-refractivity contribution in [1.82, 2.24) is 0 Å². The predicted octanol–water partition coefficient (Wildman–Crippen LogP) is 15.6. The molecular weight excluding hydrogens is 773 g/mol. The number of benzene rings is 6. The molecule has 0 unspecified atom stereocenters. The van der Waals surface area contributed by atoms with Crippen LogP contribution in [0.2, 0.25) is 0 Å². The van der Waals surface area contributed by atoms with Crippen molar-refractivity contribution < 1.29 is 9.59 Å². The minimum absolute atomic E-state index is 0.0175. The number of aryl methyl sites for hydroxylation is 3. The smallest absolute Gasteiger partial charge is 0.197 e. The van der Waals surface area contributed by atoms with Gasteiger partial charge in [0, 0.05) is 42.1 Å². The molecule has 0 heterocycles. The molecule has 7 rings (SSSR count). The van der Waals surface area contributed by atoms with Gasteiger partial charge in [0.25, 0.3) is 0 Å². The van der Waals surface area contributed by atoms with Gasteiger partial charge < -0.3 is 10.6 Å². The van der Waals surface area contributed by atoms with Crippen LogP contribution in [-0.2, 0) is 24.7 Å². The Morgan fingerprint density at radius 2 is 0.783 bits per heavy atom. The number of fused-ring (bicyclic) bond motifs is 2. The first-order chi connectivity index (χ1) is 29.1. The van der Waals surface area contributed by atoms with E-state index in [0.29, 0.717) is 33.6 Å². The second-order valence-electron chi connectivity index (χ2n) is 17.0. The van der Waals surface area contributed by atoms with Gasteiger partial charge in [-0.2, -0.15) is 0 Å². The lowest BCUT2D eigenvalue weighted by atomic mass is 9.82. The second kappa shape index (κ2) is 19.6. The van der Waals surface area contributed by atoms with Gasteiger partial charge in [-0.05, 0) is 139 Å². The maximum absolute atomic E-state index is 15.5. The standard InChI is InChI=1S/C54H58N2O2S2/c1-7-10-13-36-16-24-40(25-17-36)55-44-32-33-45(56-41-26-18-37(19-27-41)14-11-8-2)49-48(44)52(57)50-46(59-42-28-20-38(21-29-42)15-12-9-3)34-35-47(51(50)53(49)58)60-43-30-22-39(23-31-43)54(4,5)6/h16-35,55-56H,7-15H2,1-6H3. The predicted molar refractivity (Wildman–Crippen MR) is 255 cm³/mol. The van der Waals surface area contributed by atoms with Crippen LogP contribution < -0.4 is 10.6 Å². The summed E-state index contributed by atoms with van der Waals surface area (Å²) < 4.78 is 0. The molecule has 0 bridgehead atoms. The third-order valence-corrected chi connectivity index (χ3v) is 13.4. The minimum Gasteiger partial charge on any atom is -0.355 e. The number of carbonyl (C=O) groups is 2. The van der Waals surface area contributed by atoms with Crippen LogP contribution in [0.4, 0.5) is 22.7 Å². The number of ketones is 2. The summed E-state index contributed by atoms with van der Waals surface area (Å²) in [5, 5.41) is 7.13. The van der Waals surface area contributed by atoms with Crippen LogP contribution in [0.1, 0.15) is 134 Å². The Bertz CT molecular complexity index is 2430. The molecule has 0 amide bonds. The van der Waals surface area contributed by atoms with Crippen LogP contribution >= 0.6 is 23.5 Å². The van der Waals surface area contributed by atoms with Crippen LogP contribution in [0.3, 0.4) is 0 Å². The molecule has 0 spiro atoms. The van der Waals surface area contributed by atoms with Gasteiger partial charge in [0.05, 0.1) is 22.5 Å². The van der Waals surface area contributed by atoms with Gasteiger partial charge in [-0.1, -0.05) is 133 Å². The van der Waals surface area contributed by atoms with Crippen molar-refractivity contribution in [2.24, 2.45) is 0 Å². The van der Waals surface area contributed by atoms with E-state index in [9.17, 15) is 0 Å². The zero-order valence-corrected chi connectivity index (χ0v) is 37.7. The van der Waals surface area contributed by atoms with E-state index in [1.807, 2.05) is 24.3 Å². The van der Waals surface area contributed by atoms with E-state index in [0.717, 1.165) is 88.7 Å². The maximum atomic E-state index is 15.5. The summed E-state index contributed by atoms with van der Waals surface area (Å²) in [5.74, 6) is -0.320. The van der Waals surface area contributed by atoms with Gasteiger partial charge in [0.15, 0.2) is 11.6 Å². The summed E-state index contributed by atoms with van der Waals surface area (Å²) in [6.07, 6.45) is 9.94. The summed E-state index contributed by atoms with van der Waals surface area (Å²) in [4.78, 5) is 34.6. The summed E-state index contributed by atoms with van der Waals surface area (Å²) >= 11 is 3.09. The summed E-state index contributed by atoms with van der Waals surface area (Å²) in [6.45, 7) is 13.2. The summed E-state index contributed by atoms with van der Waals surface area (Å²) in [7, 11) is 0. The molecule has 4 nitrogen and oxygen atoms in total. The highest BCUT2D eigenvalue weighted by Gasteiger charge is 2.38. The average Bonchev–Trinajstić information content (AvgIpc) is 3.25. The largest absolute Gasteiger partial charge is 0.355 e. The lowest BCUT2D eigenvalue weighted by Gasteiger charge is -2.27. The van der Waals surface area contributed by atoms with E-state index >= 15 is 9.59 Å². The third-order valence-electron chi connectivity index (χ3n) is 11.3. The molecule has 1 aliphatic rings. The third kappa shape index (κ3) is 10.1. The van der Waals surface area contributed by atoms with Crippen LogP contribution in [-0.4, -0.2) is 11.6 Å². The van der Waals surface area contributed by atoms with Crippen LogP contribution in [0, 0.1) is 0 Å². The average molecular weight is 831 g/mol. The molecule has 0 aromatic heterocycles. The molecule has 0 aliphatic heterocycles. The van der Waals surface area contributed by atoms with E-state index in [1.165, 1.54) is 34.0 Å². The van der Waals surface area contributed by atoms with Gasteiger partial charge in [-0.15, -0.1) is 0 Å². The highest BCUT2D eigenvalue weighted by atomic mass is 32.2. The van der Waals surface area contributed by atoms with Crippen LogP contribution in [0.5, 0.6) is 0 Å². The minimum atomic E-state index is -0.161. The number of hydrogen-bond acceptors (Lipinski definition) is 6. The molecule has 2 N–H and O–H groups in total. The molecule has 0 fully saturated rings. The summed E-state index contributed by atoms with van der Waals surface area (Å²) in [6, 6.07) is 42.0. The van der Waals surface area contributed by atoms with Crippen molar-refractivity contribution in [2.45, 2.75) is 124 Å². The molecule has 0 atom stereocenters. The number of rotatable bonds is 17. The van der Waals surface area contributed by atoms with Crippen molar-refractivity contribution in [3.05, 3.63) is 166 Å². The monoisotopic (exact) mass is 830 g/mol. The zero-order valence-electron chi connectivity index (χ0n) is 36.0. The SMILES string of the molecule is CCCCc1ccc(Nc2ccc(Nc3ccc(CCCC)cc3)c3c2C(=O)c2c(Sc4ccc(CCCC)cc4)ccc(Sc4ccc(C(C)(C)C)cc4)c2C3=O)cc1. The summed E-state index contributed by atoms with van der Waals surface area (Å²) in [5.41, 5.74) is 9.78. The molecule has 0 radical (unpaired) electrons. The van der Waals surface area contributed by atoms with E-state index in [-0.39, 0.29) is 17.0 Å². The topological polar surface area (TPSA) is 58.2 Å². The van der Waals surface area contributed by atoms with Gasteiger partial charge in [-0.25, -0.2) is 0 Å². The van der Waals surface area contributed by atoms with E-state index in [4.69, 9.17) is 0 Å². The Morgan fingerprint density at radius 3 is 1.13 bits per heavy atom. The Balaban J connectivity index is 1.34. The van der Waals surface area contributed by atoms with Crippen molar-refractivity contribution in [3.63, 3.8) is 0 Å². The van der Waals surface area contributed by atoms with Gasteiger partial charge in [0.1, 0.15) is 0 Å². The number of carbonyl (C=O) groups excluding carboxylic acids is 2. The normalized spacial score (nSPS) is 12.3. The van der Waals surface area contributed by atoms with Gasteiger partial charge in [0.2, 0.25) is 0 Å². The molecule has 308 valence electrons. The maximum Gasteiger partial charge on any atom is 0.197 e. The molecule has 0 saturated heterocycles. The molecule has 0 saturated carbocycles. The first-order valence-electron chi connectivity index (χ1n) is 21.8. The molecule has 6 heteroatoms. The number of nitrogens with one attached hydrogen (secondary N) is 2. The second-order valence-corrected chi connectivity index (χ2v) is 19.2. The number of anilines is 4. The first kappa shape index (κ1) is 43.1.